The van der Waals surface area contributed by atoms with Crippen molar-refractivity contribution in [1.29, 1.82) is 0 Å². The number of nitrogen functional groups attached to an aromatic ring is 1. The number of halogens is 1. The van der Waals surface area contributed by atoms with Gasteiger partial charge < -0.3 is 10.6 Å². The third kappa shape index (κ3) is 3.80. The average molecular weight is 330 g/mol. The molecular weight excluding hydrogens is 306 g/mol. The van der Waals surface area contributed by atoms with Crippen LogP contribution in [0.3, 0.4) is 0 Å². The van der Waals surface area contributed by atoms with Gasteiger partial charge in [-0.05, 0) is 29.7 Å². The molecular formula is C19H24ClN3. The molecule has 0 aliphatic carbocycles. The maximum absolute atomic E-state index is 6.29. The van der Waals surface area contributed by atoms with Gasteiger partial charge in [0.05, 0.1) is 10.7 Å². The van der Waals surface area contributed by atoms with Crippen molar-refractivity contribution in [3.05, 3.63) is 58.6 Å². The Balaban J connectivity index is 1.64. The molecule has 1 saturated heterocycles. The lowest BCUT2D eigenvalue weighted by Gasteiger charge is -2.36. The average Bonchev–Trinajstić information content (AvgIpc) is 2.59. The van der Waals surface area contributed by atoms with Crippen LogP contribution in [-0.2, 0) is 13.0 Å². The Kier molecular flexibility index (Phi) is 5.09. The van der Waals surface area contributed by atoms with Crippen molar-refractivity contribution in [3.63, 3.8) is 0 Å². The highest BCUT2D eigenvalue weighted by Gasteiger charge is 2.18. The van der Waals surface area contributed by atoms with E-state index in [2.05, 4.69) is 53.1 Å². The molecule has 0 saturated carbocycles. The number of piperazine rings is 1. The van der Waals surface area contributed by atoms with Crippen molar-refractivity contribution < 1.29 is 0 Å². The fourth-order valence-electron chi connectivity index (χ4n) is 3.14. The van der Waals surface area contributed by atoms with Crippen molar-refractivity contribution in [3.8, 4) is 0 Å². The standard InChI is InChI=1S/C19H24ClN3/c1-2-16-12-17(13-18(20)19(16)21)23-10-8-22(9-11-23)14-15-6-4-3-5-7-15/h3-7,12-13H,2,8-11,14,21H2,1H3. The second-order valence-corrected chi connectivity index (χ2v) is 6.51. The topological polar surface area (TPSA) is 32.5 Å². The third-order valence-electron chi connectivity index (χ3n) is 4.57. The molecule has 2 aromatic rings. The van der Waals surface area contributed by atoms with Crippen molar-refractivity contribution in [2.45, 2.75) is 19.9 Å². The van der Waals surface area contributed by atoms with Gasteiger partial charge in [0.2, 0.25) is 0 Å². The second-order valence-electron chi connectivity index (χ2n) is 6.10. The third-order valence-corrected chi connectivity index (χ3v) is 4.88. The highest BCUT2D eigenvalue weighted by Crippen LogP contribution is 2.30. The van der Waals surface area contributed by atoms with Gasteiger partial charge in [0, 0.05) is 38.4 Å². The van der Waals surface area contributed by atoms with E-state index in [1.54, 1.807) is 0 Å². The van der Waals surface area contributed by atoms with Crippen LogP contribution in [0.1, 0.15) is 18.1 Å². The van der Waals surface area contributed by atoms with Crippen LogP contribution in [0.25, 0.3) is 0 Å². The Morgan fingerprint density at radius 3 is 2.39 bits per heavy atom. The van der Waals surface area contributed by atoms with Crippen LogP contribution in [0.15, 0.2) is 42.5 Å². The van der Waals surface area contributed by atoms with Crippen LogP contribution >= 0.6 is 11.6 Å². The summed E-state index contributed by atoms with van der Waals surface area (Å²) in [6.45, 7) is 7.32. The lowest BCUT2D eigenvalue weighted by atomic mass is 10.1. The van der Waals surface area contributed by atoms with Crippen LogP contribution in [0, 0.1) is 0 Å². The summed E-state index contributed by atoms with van der Waals surface area (Å²) in [6, 6.07) is 14.9. The summed E-state index contributed by atoms with van der Waals surface area (Å²) in [5.41, 5.74) is 10.5. The molecule has 4 heteroatoms. The molecule has 122 valence electrons. The summed E-state index contributed by atoms with van der Waals surface area (Å²) < 4.78 is 0. The molecule has 1 aliphatic rings. The first kappa shape index (κ1) is 16.2. The molecule has 0 radical (unpaired) electrons. The number of nitrogens with two attached hydrogens (primary N) is 1. The van der Waals surface area contributed by atoms with E-state index in [4.69, 9.17) is 17.3 Å². The fraction of sp³-hybridized carbons (Fsp3) is 0.368. The van der Waals surface area contributed by atoms with E-state index in [0.29, 0.717) is 5.02 Å². The Labute approximate surface area is 143 Å². The molecule has 0 amide bonds. The second kappa shape index (κ2) is 7.24. The van der Waals surface area contributed by atoms with Gasteiger partial charge in [-0.1, -0.05) is 48.9 Å². The van der Waals surface area contributed by atoms with Gasteiger partial charge in [-0.2, -0.15) is 0 Å². The quantitative estimate of drug-likeness (QED) is 0.866. The van der Waals surface area contributed by atoms with Gasteiger partial charge in [-0.25, -0.2) is 0 Å². The van der Waals surface area contributed by atoms with Crippen molar-refractivity contribution in [1.82, 2.24) is 4.90 Å². The highest BCUT2D eigenvalue weighted by molar-refractivity contribution is 6.33. The summed E-state index contributed by atoms with van der Waals surface area (Å²) in [4.78, 5) is 4.91. The van der Waals surface area contributed by atoms with Crippen LogP contribution < -0.4 is 10.6 Å². The van der Waals surface area contributed by atoms with Gasteiger partial charge in [-0.15, -0.1) is 0 Å². The normalized spacial score (nSPS) is 15.8. The smallest absolute Gasteiger partial charge is 0.0658 e. The predicted octanol–water partition coefficient (Wildman–Crippen LogP) is 3.81. The number of hydrogen-bond acceptors (Lipinski definition) is 3. The Hall–Kier alpha value is -1.71. The molecule has 2 N–H and O–H groups in total. The first-order valence-electron chi connectivity index (χ1n) is 8.26. The number of anilines is 2. The van der Waals surface area contributed by atoms with E-state index in [0.717, 1.165) is 50.4 Å². The molecule has 1 aliphatic heterocycles. The zero-order valence-electron chi connectivity index (χ0n) is 13.6. The van der Waals surface area contributed by atoms with E-state index in [1.807, 2.05) is 6.07 Å². The summed E-state index contributed by atoms with van der Waals surface area (Å²) >= 11 is 6.29. The molecule has 0 atom stereocenters. The molecule has 3 rings (SSSR count). The van der Waals surface area contributed by atoms with Crippen LogP contribution in [0.4, 0.5) is 11.4 Å². The minimum atomic E-state index is 0.672. The van der Waals surface area contributed by atoms with Crippen LogP contribution in [0.5, 0.6) is 0 Å². The number of benzene rings is 2. The minimum Gasteiger partial charge on any atom is -0.397 e. The Morgan fingerprint density at radius 2 is 1.74 bits per heavy atom. The maximum atomic E-state index is 6.29. The summed E-state index contributed by atoms with van der Waals surface area (Å²) in [5, 5.41) is 0.672. The molecule has 0 bridgehead atoms. The molecule has 1 fully saturated rings. The minimum absolute atomic E-state index is 0.672. The van der Waals surface area contributed by atoms with Gasteiger partial charge in [-0.3, -0.25) is 4.90 Å². The summed E-state index contributed by atoms with van der Waals surface area (Å²) in [6.07, 6.45) is 0.910. The number of hydrogen-bond donors (Lipinski definition) is 1. The Bertz CT molecular complexity index is 649. The lowest BCUT2D eigenvalue weighted by Crippen LogP contribution is -2.46. The fourth-order valence-corrected chi connectivity index (χ4v) is 3.37. The molecule has 1 heterocycles. The van der Waals surface area contributed by atoms with E-state index >= 15 is 0 Å². The highest BCUT2D eigenvalue weighted by atomic mass is 35.5. The number of rotatable bonds is 4. The largest absolute Gasteiger partial charge is 0.397 e. The van der Waals surface area contributed by atoms with Crippen molar-refractivity contribution in [2.75, 3.05) is 36.8 Å². The van der Waals surface area contributed by atoms with Crippen LogP contribution in [0.2, 0.25) is 5.02 Å². The first-order valence-corrected chi connectivity index (χ1v) is 8.64. The van der Waals surface area contributed by atoms with Crippen LogP contribution in [-0.4, -0.2) is 31.1 Å². The maximum Gasteiger partial charge on any atom is 0.0658 e. The van der Waals surface area contributed by atoms with E-state index in [-0.39, 0.29) is 0 Å². The first-order chi connectivity index (χ1) is 11.2. The van der Waals surface area contributed by atoms with Gasteiger partial charge >= 0.3 is 0 Å². The molecule has 0 spiro atoms. The zero-order chi connectivity index (χ0) is 16.2. The number of nitrogens with zero attached hydrogens (tertiary/aromatic N) is 2. The van der Waals surface area contributed by atoms with E-state index < -0.39 is 0 Å². The molecule has 0 unspecified atom stereocenters. The summed E-state index contributed by atoms with van der Waals surface area (Å²) in [7, 11) is 0. The lowest BCUT2D eigenvalue weighted by molar-refractivity contribution is 0.250. The van der Waals surface area contributed by atoms with E-state index in [9.17, 15) is 0 Å². The SMILES string of the molecule is CCc1cc(N2CCN(Cc3ccccc3)CC2)cc(Cl)c1N. The van der Waals surface area contributed by atoms with Crippen molar-refractivity contribution >= 4 is 23.0 Å². The zero-order valence-corrected chi connectivity index (χ0v) is 14.4. The monoisotopic (exact) mass is 329 g/mol. The predicted molar refractivity (Wildman–Crippen MR) is 99.2 cm³/mol. The van der Waals surface area contributed by atoms with Crippen molar-refractivity contribution in [2.24, 2.45) is 0 Å². The van der Waals surface area contributed by atoms with Gasteiger partial charge in [0.15, 0.2) is 0 Å². The molecule has 23 heavy (non-hydrogen) atoms. The number of aryl methyl sites for hydroxylation is 1. The molecule has 2 aromatic carbocycles. The summed E-state index contributed by atoms with van der Waals surface area (Å²) in [5.74, 6) is 0. The molecule has 0 aromatic heterocycles. The van der Waals surface area contributed by atoms with E-state index in [1.165, 1.54) is 11.3 Å². The van der Waals surface area contributed by atoms with Gasteiger partial charge in [0.25, 0.3) is 0 Å². The Morgan fingerprint density at radius 1 is 1.04 bits per heavy atom. The van der Waals surface area contributed by atoms with Gasteiger partial charge in [0.1, 0.15) is 0 Å². The molecule has 3 nitrogen and oxygen atoms in total.